The number of allylic oxidation sites excluding steroid dienone is 1. The fourth-order valence-electron chi connectivity index (χ4n) is 3.01. The average Bonchev–Trinajstić information content (AvgIpc) is 3.06. The van der Waals surface area contributed by atoms with Crippen LogP contribution in [0.2, 0.25) is 0 Å². The number of rotatable bonds is 5. The SMILES string of the molecule is C=C.C=C(CC1CCCC1)C(C)Cc1ccc(C)cc1.CC. The maximum absolute atomic E-state index is 4.33. The van der Waals surface area contributed by atoms with Gasteiger partial charge in [-0.15, -0.1) is 13.2 Å². The molecule has 1 aliphatic rings. The number of hydrogen-bond acceptors (Lipinski definition) is 0. The van der Waals surface area contributed by atoms with E-state index in [1.165, 1.54) is 48.8 Å². The second-order valence-electron chi connectivity index (χ2n) is 6.10. The normalized spacial score (nSPS) is 15.1. The van der Waals surface area contributed by atoms with Gasteiger partial charge in [0.1, 0.15) is 0 Å². The summed E-state index contributed by atoms with van der Waals surface area (Å²) in [5, 5.41) is 0. The van der Waals surface area contributed by atoms with Gasteiger partial charge in [0, 0.05) is 0 Å². The van der Waals surface area contributed by atoms with Crippen LogP contribution in [0.1, 0.15) is 64.0 Å². The van der Waals surface area contributed by atoms with Gasteiger partial charge in [0.15, 0.2) is 0 Å². The maximum Gasteiger partial charge on any atom is -0.0194 e. The van der Waals surface area contributed by atoms with Crippen LogP contribution < -0.4 is 0 Å². The second kappa shape index (κ2) is 12.3. The zero-order valence-electron chi connectivity index (χ0n) is 15.3. The van der Waals surface area contributed by atoms with Crippen molar-refractivity contribution >= 4 is 0 Å². The van der Waals surface area contributed by atoms with Crippen molar-refractivity contribution in [3.63, 3.8) is 0 Å². The Hall–Kier alpha value is -1.30. The minimum absolute atomic E-state index is 0.619. The van der Waals surface area contributed by atoms with Crippen molar-refractivity contribution in [2.24, 2.45) is 11.8 Å². The zero-order chi connectivity index (χ0) is 17.0. The second-order valence-corrected chi connectivity index (χ2v) is 6.10. The number of benzene rings is 1. The van der Waals surface area contributed by atoms with Gasteiger partial charge in [0.2, 0.25) is 0 Å². The first-order valence-electron chi connectivity index (χ1n) is 8.88. The van der Waals surface area contributed by atoms with Gasteiger partial charge in [-0.2, -0.15) is 0 Å². The highest BCUT2D eigenvalue weighted by Crippen LogP contribution is 2.32. The van der Waals surface area contributed by atoms with E-state index in [1.54, 1.807) is 0 Å². The molecule has 0 saturated heterocycles. The first-order valence-corrected chi connectivity index (χ1v) is 8.88. The van der Waals surface area contributed by atoms with E-state index >= 15 is 0 Å². The molecule has 0 heterocycles. The lowest BCUT2D eigenvalue weighted by Gasteiger charge is -2.18. The van der Waals surface area contributed by atoms with Crippen LogP contribution in [0.15, 0.2) is 49.6 Å². The molecule has 1 atom stereocenters. The fourth-order valence-corrected chi connectivity index (χ4v) is 3.01. The highest BCUT2D eigenvalue weighted by molar-refractivity contribution is 5.22. The van der Waals surface area contributed by atoms with Crippen LogP contribution in [-0.4, -0.2) is 0 Å². The quantitative estimate of drug-likeness (QED) is 0.507. The Morgan fingerprint density at radius 1 is 1.09 bits per heavy atom. The van der Waals surface area contributed by atoms with Gasteiger partial charge < -0.3 is 0 Å². The topological polar surface area (TPSA) is 0 Å². The van der Waals surface area contributed by atoms with E-state index < -0.39 is 0 Å². The van der Waals surface area contributed by atoms with Crippen LogP contribution in [0.25, 0.3) is 0 Å². The Morgan fingerprint density at radius 3 is 2.09 bits per heavy atom. The first-order chi connectivity index (χ1) is 10.6. The van der Waals surface area contributed by atoms with Crippen molar-refractivity contribution < 1.29 is 0 Å². The van der Waals surface area contributed by atoms with Gasteiger partial charge >= 0.3 is 0 Å². The molecule has 0 aromatic heterocycles. The van der Waals surface area contributed by atoms with E-state index in [4.69, 9.17) is 0 Å². The monoisotopic (exact) mass is 300 g/mol. The summed E-state index contributed by atoms with van der Waals surface area (Å²) >= 11 is 0. The summed E-state index contributed by atoms with van der Waals surface area (Å²) in [5.41, 5.74) is 4.25. The third-order valence-electron chi connectivity index (χ3n) is 4.39. The predicted octanol–water partition coefficient (Wildman–Crippen LogP) is 7.14. The molecule has 1 saturated carbocycles. The summed E-state index contributed by atoms with van der Waals surface area (Å²) < 4.78 is 0. The van der Waals surface area contributed by atoms with E-state index in [0.29, 0.717) is 5.92 Å². The van der Waals surface area contributed by atoms with Gasteiger partial charge in [-0.05, 0) is 37.2 Å². The molecule has 2 rings (SSSR count). The van der Waals surface area contributed by atoms with Crippen molar-refractivity contribution in [2.45, 2.75) is 66.2 Å². The number of aryl methyl sites for hydroxylation is 1. The molecule has 0 radical (unpaired) electrons. The van der Waals surface area contributed by atoms with Crippen LogP contribution >= 0.6 is 0 Å². The van der Waals surface area contributed by atoms with E-state index in [0.717, 1.165) is 12.3 Å². The molecule has 0 spiro atoms. The molecule has 0 aliphatic heterocycles. The van der Waals surface area contributed by atoms with Gasteiger partial charge in [-0.1, -0.05) is 88.4 Å². The van der Waals surface area contributed by atoms with E-state index in [-0.39, 0.29) is 0 Å². The Kier molecular flexibility index (Phi) is 11.5. The first kappa shape index (κ1) is 20.7. The summed E-state index contributed by atoms with van der Waals surface area (Å²) in [4.78, 5) is 0. The molecule has 1 fully saturated rings. The third kappa shape index (κ3) is 7.64. The van der Waals surface area contributed by atoms with Crippen LogP contribution in [0.3, 0.4) is 0 Å². The van der Waals surface area contributed by atoms with Crippen molar-refractivity contribution in [3.05, 3.63) is 60.7 Å². The Balaban J connectivity index is 0.00000102. The molecule has 0 heteroatoms. The molecule has 0 nitrogen and oxygen atoms in total. The molecule has 22 heavy (non-hydrogen) atoms. The Bertz CT molecular complexity index is 393. The van der Waals surface area contributed by atoms with Gasteiger partial charge in [-0.3, -0.25) is 0 Å². The molecule has 0 bridgehead atoms. The van der Waals surface area contributed by atoms with E-state index in [2.05, 4.69) is 57.8 Å². The van der Waals surface area contributed by atoms with Crippen molar-refractivity contribution in [2.75, 3.05) is 0 Å². The molecule has 0 N–H and O–H groups in total. The Labute approximate surface area is 139 Å². The lowest BCUT2D eigenvalue weighted by Crippen LogP contribution is -2.06. The van der Waals surface area contributed by atoms with Gasteiger partial charge in [0.25, 0.3) is 0 Å². The molecule has 1 unspecified atom stereocenters. The highest BCUT2D eigenvalue weighted by Gasteiger charge is 2.18. The number of hydrogen-bond donors (Lipinski definition) is 0. The smallest absolute Gasteiger partial charge is 0.0194 e. The Morgan fingerprint density at radius 2 is 1.59 bits per heavy atom. The summed E-state index contributed by atoms with van der Waals surface area (Å²) in [6.07, 6.45) is 8.12. The van der Waals surface area contributed by atoms with Gasteiger partial charge in [0.05, 0.1) is 0 Å². The summed E-state index contributed by atoms with van der Waals surface area (Å²) in [7, 11) is 0. The van der Waals surface area contributed by atoms with E-state index in [1.807, 2.05) is 13.8 Å². The van der Waals surface area contributed by atoms with Crippen LogP contribution in [-0.2, 0) is 6.42 Å². The van der Waals surface area contributed by atoms with Gasteiger partial charge in [-0.25, -0.2) is 0 Å². The lowest BCUT2D eigenvalue weighted by atomic mass is 9.87. The molecule has 1 aromatic rings. The summed E-state index contributed by atoms with van der Waals surface area (Å²) in [6.45, 7) is 18.8. The summed E-state index contributed by atoms with van der Waals surface area (Å²) in [5.74, 6) is 1.55. The molecular weight excluding hydrogens is 264 g/mol. The van der Waals surface area contributed by atoms with Crippen molar-refractivity contribution in [1.82, 2.24) is 0 Å². The zero-order valence-corrected chi connectivity index (χ0v) is 15.3. The fraction of sp³-hybridized carbons (Fsp3) is 0.545. The highest BCUT2D eigenvalue weighted by atomic mass is 14.2. The van der Waals surface area contributed by atoms with Crippen LogP contribution in [0, 0.1) is 18.8 Å². The maximum atomic E-state index is 4.33. The molecule has 1 aromatic carbocycles. The molecule has 124 valence electrons. The molecular formula is C22H36. The lowest BCUT2D eigenvalue weighted by molar-refractivity contribution is 0.504. The minimum Gasteiger partial charge on any atom is -0.106 e. The minimum atomic E-state index is 0.619. The standard InChI is InChI=1S/C18H26.C2H6.C2H4/c1-14-8-10-18(11-9-14)13-16(3)15(2)12-17-6-4-5-7-17;2*1-2/h8-11,16-17H,2,4-7,12-13H2,1,3H3;1-2H3;1-2H2. The molecule has 1 aliphatic carbocycles. The third-order valence-corrected chi connectivity index (χ3v) is 4.39. The molecule has 0 amide bonds. The van der Waals surface area contributed by atoms with Crippen LogP contribution in [0.4, 0.5) is 0 Å². The summed E-state index contributed by atoms with van der Waals surface area (Å²) in [6, 6.07) is 8.94. The average molecular weight is 301 g/mol. The van der Waals surface area contributed by atoms with Crippen LogP contribution in [0.5, 0.6) is 0 Å². The predicted molar refractivity (Wildman–Crippen MR) is 102 cm³/mol. The largest absolute Gasteiger partial charge is 0.106 e. The van der Waals surface area contributed by atoms with E-state index in [9.17, 15) is 0 Å². The van der Waals surface area contributed by atoms with Crippen molar-refractivity contribution in [3.8, 4) is 0 Å². The van der Waals surface area contributed by atoms with Crippen molar-refractivity contribution in [1.29, 1.82) is 0 Å².